The van der Waals surface area contributed by atoms with Crippen molar-refractivity contribution in [3.05, 3.63) is 29.6 Å². The number of aliphatic hydroxyl groups excluding tert-OH is 1. The van der Waals surface area contributed by atoms with Crippen molar-refractivity contribution in [1.82, 2.24) is 4.90 Å². The molecule has 1 aromatic carbocycles. The largest absolute Gasteiger partial charge is 0.399 e. The third kappa shape index (κ3) is 3.04. The van der Waals surface area contributed by atoms with E-state index in [-0.39, 0.29) is 24.1 Å². The Morgan fingerprint density at radius 2 is 2.21 bits per heavy atom. The van der Waals surface area contributed by atoms with Crippen LogP contribution in [0.2, 0.25) is 0 Å². The van der Waals surface area contributed by atoms with E-state index in [1.807, 2.05) is 0 Å². The van der Waals surface area contributed by atoms with Gasteiger partial charge in [0, 0.05) is 24.9 Å². The number of nitrogens with zero attached hydrogens (tertiary/aromatic N) is 1. The van der Waals surface area contributed by atoms with Gasteiger partial charge in [0.25, 0.3) is 5.91 Å². The highest BCUT2D eigenvalue weighted by molar-refractivity contribution is 5.95. The minimum Gasteiger partial charge on any atom is -0.399 e. The summed E-state index contributed by atoms with van der Waals surface area (Å²) in [5.74, 6) is -0.894. The number of aliphatic hydroxyl groups is 1. The van der Waals surface area contributed by atoms with E-state index in [2.05, 4.69) is 0 Å². The number of nitrogen functional groups attached to an aromatic ring is 1. The fourth-order valence-corrected chi connectivity index (χ4v) is 2.25. The normalized spacial score (nSPS) is 15.1. The molecule has 1 aliphatic rings. The molecule has 0 unspecified atom stereocenters. The van der Waals surface area contributed by atoms with Crippen LogP contribution in [0.15, 0.2) is 18.2 Å². The summed E-state index contributed by atoms with van der Waals surface area (Å²) in [4.78, 5) is 14.1. The van der Waals surface area contributed by atoms with Crippen molar-refractivity contribution in [2.45, 2.75) is 31.7 Å². The van der Waals surface area contributed by atoms with Crippen LogP contribution in [0.1, 0.15) is 36.0 Å². The van der Waals surface area contributed by atoms with Crippen LogP contribution in [0.5, 0.6) is 0 Å². The Hall–Kier alpha value is -1.62. The number of carbonyl (C=O) groups is 1. The van der Waals surface area contributed by atoms with Crippen molar-refractivity contribution in [3.63, 3.8) is 0 Å². The van der Waals surface area contributed by atoms with Crippen LogP contribution in [0.4, 0.5) is 10.1 Å². The van der Waals surface area contributed by atoms with E-state index >= 15 is 0 Å². The number of rotatable bonds is 5. The Morgan fingerprint density at radius 3 is 2.74 bits per heavy atom. The van der Waals surface area contributed by atoms with Crippen LogP contribution in [0.25, 0.3) is 0 Å². The number of carbonyl (C=O) groups excluding carboxylic acids is 1. The summed E-state index contributed by atoms with van der Waals surface area (Å²) in [6.45, 7) is 0.491. The molecule has 3 N–H and O–H groups in total. The lowest BCUT2D eigenvalue weighted by molar-refractivity contribution is 0.0558. The van der Waals surface area contributed by atoms with E-state index in [9.17, 15) is 9.18 Å². The van der Waals surface area contributed by atoms with E-state index in [0.29, 0.717) is 18.7 Å². The first-order valence-electron chi connectivity index (χ1n) is 6.60. The molecule has 1 amide bonds. The molecule has 0 bridgehead atoms. The van der Waals surface area contributed by atoms with Crippen molar-refractivity contribution in [2.75, 3.05) is 18.9 Å². The molecular formula is C14H19FN2O2. The summed E-state index contributed by atoms with van der Waals surface area (Å²) in [5, 5.41) is 8.90. The smallest absolute Gasteiger partial charge is 0.257 e. The highest BCUT2D eigenvalue weighted by atomic mass is 19.1. The summed E-state index contributed by atoms with van der Waals surface area (Å²) >= 11 is 0. The standard InChI is InChI=1S/C14H19FN2O2/c15-13-9-10(16)5-6-12(13)14(19)17(7-2-8-18)11-3-1-4-11/h5-6,9,11,18H,1-4,7-8,16H2. The van der Waals surface area contributed by atoms with Gasteiger partial charge in [-0.15, -0.1) is 0 Å². The number of halogens is 1. The zero-order chi connectivity index (χ0) is 13.8. The lowest BCUT2D eigenvalue weighted by Crippen LogP contribution is -2.45. The number of amides is 1. The molecule has 1 aliphatic carbocycles. The zero-order valence-corrected chi connectivity index (χ0v) is 10.8. The van der Waals surface area contributed by atoms with Gasteiger partial charge >= 0.3 is 0 Å². The maximum Gasteiger partial charge on any atom is 0.257 e. The summed E-state index contributed by atoms with van der Waals surface area (Å²) < 4.78 is 13.8. The van der Waals surface area contributed by atoms with Gasteiger partial charge in [-0.25, -0.2) is 4.39 Å². The Labute approximate surface area is 112 Å². The molecule has 19 heavy (non-hydrogen) atoms. The molecule has 4 nitrogen and oxygen atoms in total. The molecule has 2 rings (SSSR count). The number of anilines is 1. The second kappa shape index (κ2) is 6.02. The van der Waals surface area contributed by atoms with E-state index < -0.39 is 5.82 Å². The summed E-state index contributed by atoms with van der Waals surface area (Å²) in [5.41, 5.74) is 5.84. The first-order valence-corrected chi connectivity index (χ1v) is 6.60. The number of benzene rings is 1. The van der Waals surface area contributed by atoms with E-state index in [1.54, 1.807) is 4.90 Å². The van der Waals surface area contributed by atoms with Gasteiger partial charge in [0.2, 0.25) is 0 Å². The summed E-state index contributed by atoms with van der Waals surface area (Å²) in [7, 11) is 0. The first kappa shape index (κ1) is 13.8. The van der Waals surface area contributed by atoms with Gasteiger partial charge in [-0.2, -0.15) is 0 Å². The van der Waals surface area contributed by atoms with Crippen LogP contribution < -0.4 is 5.73 Å². The van der Waals surface area contributed by atoms with Crippen molar-refractivity contribution in [2.24, 2.45) is 0 Å². The Balaban J connectivity index is 2.17. The maximum atomic E-state index is 13.8. The van der Waals surface area contributed by atoms with Gasteiger partial charge in [0.05, 0.1) is 5.56 Å². The average Bonchev–Trinajstić information content (AvgIpc) is 2.31. The van der Waals surface area contributed by atoms with Gasteiger partial charge in [0.15, 0.2) is 0 Å². The quantitative estimate of drug-likeness (QED) is 0.798. The Bertz CT molecular complexity index is 461. The molecule has 1 fully saturated rings. The molecule has 1 saturated carbocycles. The monoisotopic (exact) mass is 266 g/mol. The van der Waals surface area contributed by atoms with E-state index in [1.165, 1.54) is 12.1 Å². The van der Waals surface area contributed by atoms with Crippen molar-refractivity contribution >= 4 is 11.6 Å². The maximum absolute atomic E-state index is 13.8. The molecule has 0 heterocycles. The van der Waals surface area contributed by atoms with Gasteiger partial charge in [0.1, 0.15) is 5.82 Å². The van der Waals surface area contributed by atoms with Crippen LogP contribution in [-0.2, 0) is 0 Å². The highest BCUT2D eigenvalue weighted by Crippen LogP contribution is 2.27. The van der Waals surface area contributed by atoms with E-state index in [0.717, 1.165) is 25.3 Å². The van der Waals surface area contributed by atoms with Crippen LogP contribution in [0, 0.1) is 5.82 Å². The second-order valence-corrected chi connectivity index (χ2v) is 4.90. The third-order valence-electron chi connectivity index (χ3n) is 3.56. The average molecular weight is 266 g/mol. The van der Waals surface area contributed by atoms with Crippen LogP contribution in [0.3, 0.4) is 0 Å². The Kier molecular flexibility index (Phi) is 4.37. The zero-order valence-electron chi connectivity index (χ0n) is 10.8. The molecule has 1 aromatic rings. The molecule has 0 spiro atoms. The molecule has 0 atom stereocenters. The highest BCUT2D eigenvalue weighted by Gasteiger charge is 2.30. The van der Waals surface area contributed by atoms with E-state index in [4.69, 9.17) is 10.8 Å². The molecule has 0 radical (unpaired) electrons. The Morgan fingerprint density at radius 1 is 1.47 bits per heavy atom. The second-order valence-electron chi connectivity index (χ2n) is 4.90. The van der Waals surface area contributed by atoms with Crippen molar-refractivity contribution < 1.29 is 14.3 Å². The molecule has 5 heteroatoms. The predicted octanol–water partition coefficient (Wildman–Crippen LogP) is 1.78. The third-order valence-corrected chi connectivity index (χ3v) is 3.56. The topological polar surface area (TPSA) is 66.6 Å². The predicted molar refractivity (Wildman–Crippen MR) is 71.2 cm³/mol. The lowest BCUT2D eigenvalue weighted by atomic mass is 9.90. The van der Waals surface area contributed by atoms with Crippen LogP contribution in [-0.4, -0.2) is 35.1 Å². The van der Waals surface area contributed by atoms with Gasteiger partial charge < -0.3 is 15.7 Å². The fourth-order valence-electron chi connectivity index (χ4n) is 2.25. The fraction of sp³-hybridized carbons (Fsp3) is 0.500. The molecule has 0 aromatic heterocycles. The first-order chi connectivity index (χ1) is 9.13. The molecule has 0 saturated heterocycles. The number of nitrogens with two attached hydrogens (primary N) is 1. The number of hydrogen-bond acceptors (Lipinski definition) is 3. The van der Waals surface area contributed by atoms with Crippen molar-refractivity contribution in [3.8, 4) is 0 Å². The van der Waals surface area contributed by atoms with Crippen molar-refractivity contribution in [1.29, 1.82) is 0 Å². The van der Waals surface area contributed by atoms with Gasteiger partial charge in [-0.1, -0.05) is 0 Å². The minimum atomic E-state index is -0.585. The molecule has 0 aliphatic heterocycles. The van der Waals surface area contributed by atoms with Crippen LogP contribution >= 0.6 is 0 Å². The molecule has 104 valence electrons. The SMILES string of the molecule is Nc1ccc(C(=O)N(CCCO)C2CCC2)c(F)c1. The minimum absolute atomic E-state index is 0.0285. The summed E-state index contributed by atoms with van der Waals surface area (Å²) in [6, 6.07) is 4.30. The number of hydrogen-bond donors (Lipinski definition) is 2. The summed E-state index contributed by atoms with van der Waals surface area (Å²) in [6.07, 6.45) is 3.51. The lowest BCUT2D eigenvalue weighted by Gasteiger charge is -2.37. The van der Waals surface area contributed by atoms with Gasteiger partial charge in [-0.3, -0.25) is 4.79 Å². The van der Waals surface area contributed by atoms with Gasteiger partial charge in [-0.05, 0) is 43.9 Å². The molecular weight excluding hydrogens is 247 g/mol.